The van der Waals surface area contributed by atoms with E-state index in [9.17, 15) is 18.0 Å². The first-order chi connectivity index (χ1) is 21.2. The highest BCUT2D eigenvalue weighted by atomic mass is 32.2. The lowest BCUT2D eigenvalue weighted by molar-refractivity contribution is -0.139. The Kier molecular flexibility index (Phi) is 11.1. The number of carbonyl (C=O) groups is 2. The van der Waals surface area contributed by atoms with E-state index >= 15 is 0 Å². The quantitative estimate of drug-likeness (QED) is 0.292. The molecule has 0 aliphatic heterocycles. The van der Waals surface area contributed by atoms with Crippen LogP contribution in [0.1, 0.15) is 44.6 Å². The number of carbonyl (C=O) groups excluding carboxylic acids is 2. The Hall–Kier alpha value is -4.25. The van der Waals surface area contributed by atoms with Gasteiger partial charge in [0.1, 0.15) is 18.3 Å². The third kappa shape index (κ3) is 7.82. The number of methoxy groups -OCH3 is 3. The van der Waals surface area contributed by atoms with Crippen LogP contribution in [-0.2, 0) is 26.2 Å². The molecule has 3 aromatic carbocycles. The number of ether oxygens (including phenoxy) is 3. The molecule has 0 aromatic heterocycles. The number of hydrogen-bond donors (Lipinski definition) is 1. The van der Waals surface area contributed by atoms with E-state index in [1.165, 1.54) is 37.3 Å². The van der Waals surface area contributed by atoms with E-state index in [1.807, 2.05) is 6.07 Å². The molecular weight excluding hydrogens is 582 g/mol. The number of hydrogen-bond acceptors (Lipinski definition) is 7. The lowest BCUT2D eigenvalue weighted by Gasteiger charge is -2.33. The third-order valence-electron chi connectivity index (χ3n) is 7.87. The Morgan fingerprint density at radius 1 is 0.864 bits per heavy atom. The Morgan fingerprint density at radius 2 is 1.57 bits per heavy atom. The summed E-state index contributed by atoms with van der Waals surface area (Å²) in [6.45, 7) is 1.18. The van der Waals surface area contributed by atoms with Gasteiger partial charge in [0.05, 0.1) is 31.9 Å². The van der Waals surface area contributed by atoms with Crippen molar-refractivity contribution in [1.29, 1.82) is 0 Å². The number of rotatable bonds is 13. The number of benzene rings is 3. The highest BCUT2D eigenvalue weighted by Crippen LogP contribution is 2.34. The lowest BCUT2D eigenvalue weighted by atomic mass is 9.95. The second-order valence-corrected chi connectivity index (χ2v) is 12.6. The van der Waals surface area contributed by atoms with Gasteiger partial charge in [0.25, 0.3) is 10.0 Å². The maximum absolute atomic E-state index is 14.2. The molecular formula is C33H41N3O7S. The summed E-state index contributed by atoms with van der Waals surface area (Å²) in [6.07, 6.45) is 5.02. The van der Waals surface area contributed by atoms with Gasteiger partial charge in [-0.2, -0.15) is 0 Å². The van der Waals surface area contributed by atoms with E-state index in [0.29, 0.717) is 17.2 Å². The number of nitrogens with zero attached hydrogens (tertiary/aromatic N) is 2. The van der Waals surface area contributed by atoms with Crippen LogP contribution in [0, 0.1) is 0 Å². The summed E-state index contributed by atoms with van der Waals surface area (Å²) in [5, 5.41) is 3.11. The Balaban J connectivity index is 1.72. The van der Waals surface area contributed by atoms with E-state index in [-0.39, 0.29) is 29.1 Å². The zero-order chi connectivity index (χ0) is 31.7. The van der Waals surface area contributed by atoms with Crippen LogP contribution in [0.15, 0.2) is 77.7 Å². The highest BCUT2D eigenvalue weighted by Gasteiger charge is 2.33. The molecule has 1 aliphatic rings. The van der Waals surface area contributed by atoms with Crippen LogP contribution in [0.25, 0.3) is 0 Å². The van der Waals surface area contributed by atoms with Crippen molar-refractivity contribution in [3.05, 3.63) is 78.4 Å². The SMILES string of the molecule is COc1cccc(CN(C(=O)CN(c2ccc(OC)c(OC)c2)S(=O)(=O)c2ccccc2)[C@H](C)C(=O)NC2CCCCC2)c1. The second kappa shape index (κ2) is 15.0. The molecule has 3 aromatic rings. The average Bonchev–Trinajstić information content (AvgIpc) is 3.06. The maximum atomic E-state index is 14.2. The predicted molar refractivity (Wildman–Crippen MR) is 169 cm³/mol. The molecule has 10 nitrogen and oxygen atoms in total. The Morgan fingerprint density at radius 3 is 2.23 bits per heavy atom. The van der Waals surface area contributed by atoms with Crippen LogP contribution in [0.5, 0.6) is 17.2 Å². The van der Waals surface area contributed by atoms with E-state index in [4.69, 9.17) is 14.2 Å². The molecule has 1 aliphatic carbocycles. The molecule has 1 atom stereocenters. The van der Waals surface area contributed by atoms with Crippen LogP contribution in [0.3, 0.4) is 0 Å². The minimum atomic E-state index is -4.21. The van der Waals surface area contributed by atoms with Crippen LogP contribution in [0.2, 0.25) is 0 Å². The summed E-state index contributed by atoms with van der Waals surface area (Å²) in [5.41, 5.74) is 0.944. The monoisotopic (exact) mass is 623 g/mol. The van der Waals surface area contributed by atoms with Crippen molar-refractivity contribution >= 4 is 27.5 Å². The van der Waals surface area contributed by atoms with Crippen LogP contribution < -0.4 is 23.8 Å². The first-order valence-corrected chi connectivity index (χ1v) is 16.1. The summed E-state index contributed by atoms with van der Waals surface area (Å²) in [4.78, 5) is 29.2. The van der Waals surface area contributed by atoms with Gasteiger partial charge in [-0.3, -0.25) is 13.9 Å². The minimum absolute atomic E-state index is 0.0185. The fourth-order valence-electron chi connectivity index (χ4n) is 5.35. The molecule has 236 valence electrons. The predicted octanol–water partition coefficient (Wildman–Crippen LogP) is 4.77. The zero-order valence-corrected chi connectivity index (χ0v) is 26.5. The normalized spacial score (nSPS) is 14.3. The third-order valence-corrected chi connectivity index (χ3v) is 9.66. The molecule has 11 heteroatoms. The van der Waals surface area contributed by atoms with Gasteiger partial charge in [-0.1, -0.05) is 49.6 Å². The standard InChI is InChI=1S/C33H41N3O7S/c1-24(33(38)34-26-13-7-5-8-14-26)35(22-25-12-11-15-28(20-25)41-2)32(37)23-36(44(39,40)29-16-9-6-10-17-29)27-18-19-30(42-3)31(21-27)43-4/h6,9-12,15-21,24,26H,5,7-8,13-14,22-23H2,1-4H3,(H,34,38)/t24-/m1/s1. The summed E-state index contributed by atoms with van der Waals surface area (Å²) in [7, 11) is 0.274. The molecule has 1 N–H and O–H groups in total. The van der Waals surface area contributed by atoms with E-state index in [1.54, 1.807) is 62.6 Å². The summed E-state index contributed by atoms with van der Waals surface area (Å²) in [5.74, 6) is 0.490. The van der Waals surface area contributed by atoms with Crippen LogP contribution in [-0.4, -0.2) is 65.1 Å². The van der Waals surface area contributed by atoms with Crippen LogP contribution in [0.4, 0.5) is 5.69 Å². The van der Waals surface area contributed by atoms with Gasteiger partial charge in [-0.05, 0) is 61.7 Å². The van der Waals surface area contributed by atoms with Gasteiger partial charge in [-0.15, -0.1) is 0 Å². The molecule has 0 unspecified atom stereocenters. The minimum Gasteiger partial charge on any atom is -0.497 e. The average molecular weight is 624 g/mol. The molecule has 0 bridgehead atoms. The molecule has 44 heavy (non-hydrogen) atoms. The van der Waals surface area contributed by atoms with Gasteiger partial charge in [0.2, 0.25) is 11.8 Å². The molecule has 0 saturated heterocycles. The van der Waals surface area contributed by atoms with Gasteiger partial charge in [0, 0.05) is 18.7 Å². The van der Waals surface area contributed by atoms with Crippen molar-refractivity contribution in [2.24, 2.45) is 0 Å². The van der Waals surface area contributed by atoms with Crippen molar-refractivity contribution < 1.29 is 32.2 Å². The zero-order valence-electron chi connectivity index (χ0n) is 25.7. The topological polar surface area (TPSA) is 114 Å². The Bertz CT molecular complexity index is 1530. The highest BCUT2D eigenvalue weighted by molar-refractivity contribution is 7.92. The number of anilines is 1. The largest absolute Gasteiger partial charge is 0.497 e. The second-order valence-electron chi connectivity index (χ2n) is 10.8. The number of amides is 2. The first-order valence-electron chi connectivity index (χ1n) is 14.7. The lowest BCUT2D eigenvalue weighted by Crippen LogP contribution is -2.53. The van der Waals surface area contributed by atoms with E-state index in [0.717, 1.165) is 42.0 Å². The van der Waals surface area contributed by atoms with Crippen molar-refractivity contribution in [3.8, 4) is 17.2 Å². The molecule has 0 spiro atoms. The molecule has 0 heterocycles. The number of nitrogens with one attached hydrogen (secondary N) is 1. The fourth-order valence-corrected chi connectivity index (χ4v) is 6.77. The smallest absolute Gasteiger partial charge is 0.264 e. The van der Waals surface area contributed by atoms with Crippen molar-refractivity contribution in [1.82, 2.24) is 10.2 Å². The fraction of sp³-hybridized carbons (Fsp3) is 0.394. The van der Waals surface area contributed by atoms with E-state index < -0.39 is 28.5 Å². The Labute approximate surface area is 260 Å². The molecule has 0 radical (unpaired) electrons. The van der Waals surface area contributed by atoms with Crippen LogP contribution >= 0.6 is 0 Å². The van der Waals surface area contributed by atoms with E-state index in [2.05, 4.69) is 5.32 Å². The summed E-state index contributed by atoms with van der Waals surface area (Å²) < 4.78 is 45.3. The molecule has 1 saturated carbocycles. The van der Waals surface area contributed by atoms with Gasteiger partial charge in [-0.25, -0.2) is 8.42 Å². The summed E-state index contributed by atoms with van der Waals surface area (Å²) >= 11 is 0. The van der Waals surface area contributed by atoms with Crippen molar-refractivity contribution in [2.45, 2.75) is 62.6 Å². The molecule has 2 amide bonds. The molecule has 1 fully saturated rings. The van der Waals surface area contributed by atoms with Gasteiger partial charge >= 0.3 is 0 Å². The first kappa shape index (κ1) is 32.7. The molecule has 4 rings (SSSR count). The van der Waals surface area contributed by atoms with Gasteiger partial charge < -0.3 is 24.4 Å². The number of sulfonamides is 1. The van der Waals surface area contributed by atoms with Crippen molar-refractivity contribution in [3.63, 3.8) is 0 Å². The summed E-state index contributed by atoms with van der Waals surface area (Å²) in [6, 6.07) is 19.0. The maximum Gasteiger partial charge on any atom is 0.264 e. The van der Waals surface area contributed by atoms with Crippen molar-refractivity contribution in [2.75, 3.05) is 32.2 Å². The van der Waals surface area contributed by atoms with Gasteiger partial charge in [0.15, 0.2) is 11.5 Å².